The summed E-state index contributed by atoms with van der Waals surface area (Å²) >= 11 is 0. The Morgan fingerprint density at radius 2 is 1.88 bits per heavy atom. The molecule has 0 unspecified atom stereocenters. The molecule has 0 spiro atoms. The molecule has 26 heavy (non-hydrogen) atoms. The number of rotatable bonds is 8. The topological polar surface area (TPSA) is 99.4 Å². The second kappa shape index (κ2) is 8.72. The van der Waals surface area contributed by atoms with E-state index in [2.05, 4.69) is 15.5 Å². The van der Waals surface area contributed by atoms with Crippen molar-refractivity contribution in [3.63, 3.8) is 0 Å². The third-order valence-electron chi connectivity index (χ3n) is 3.53. The van der Waals surface area contributed by atoms with Crippen LogP contribution in [0.5, 0.6) is 5.75 Å². The van der Waals surface area contributed by atoms with E-state index in [0.29, 0.717) is 11.3 Å². The van der Waals surface area contributed by atoms with Crippen LogP contribution in [0.2, 0.25) is 0 Å². The fraction of sp³-hybridized carbons (Fsp3) is 0.222. The summed E-state index contributed by atoms with van der Waals surface area (Å²) in [5.74, 6) is 0.138. The van der Waals surface area contributed by atoms with Gasteiger partial charge in [0.25, 0.3) is 0 Å². The number of carbonyl (C=O) groups excluding carboxylic acids is 1. The average Bonchev–Trinajstić information content (AvgIpc) is 3.18. The third-order valence-corrected chi connectivity index (χ3v) is 3.53. The van der Waals surface area contributed by atoms with Crippen LogP contribution >= 0.6 is 0 Å². The maximum absolute atomic E-state index is 12.0. The van der Waals surface area contributed by atoms with Crippen molar-refractivity contribution in [3.8, 4) is 5.75 Å². The first kappa shape index (κ1) is 17.6. The SMILES string of the molecule is O=C(OCc1ccccc1)c1ccc(OC[C@H](O)Cn2cnnn2)cc1. The molecule has 0 bridgehead atoms. The molecule has 2 aromatic carbocycles. The van der Waals surface area contributed by atoms with E-state index in [9.17, 15) is 9.90 Å². The highest BCUT2D eigenvalue weighted by molar-refractivity contribution is 5.89. The summed E-state index contributed by atoms with van der Waals surface area (Å²) < 4.78 is 12.2. The molecule has 3 rings (SSSR count). The lowest BCUT2D eigenvalue weighted by molar-refractivity contribution is 0.0472. The second-order valence-corrected chi connectivity index (χ2v) is 5.58. The third kappa shape index (κ3) is 5.12. The maximum atomic E-state index is 12.0. The molecule has 0 amide bonds. The Morgan fingerprint density at radius 3 is 2.58 bits per heavy atom. The van der Waals surface area contributed by atoms with Crippen molar-refractivity contribution in [2.45, 2.75) is 19.3 Å². The standard InChI is InChI=1S/C18H18N4O4/c23-16(10-22-13-19-20-21-22)12-25-17-8-6-15(7-9-17)18(24)26-11-14-4-2-1-3-5-14/h1-9,13,16,23H,10-12H2/t16-/m1/s1. The normalized spacial score (nSPS) is 11.7. The second-order valence-electron chi connectivity index (χ2n) is 5.58. The Hall–Kier alpha value is -3.26. The summed E-state index contributed by atoms with van der Waals surface area (Å²) in [4.78, 5) is 12.0. The average molecular weight is 354 g/mol. The molecule has 8 heteroatoms. The van der Waals surface area contributed by atoms with Crippen LogP contribution in [0.3, 0.4) is 0 Å². The Kier molecular flexibility index (Phi) is 5.89. The molecule has 0 fully saturated rings. The minimum absolute atomic E-state index is 0.0810. The first-order valence-corrected chi connectivity index (χ1v) is 8.03. The van der Waals surface area contributed by atoms with Gasteiger partial charge in [0.2, 0.25) is 0 Å². The summed E-state index contributed by atoms with van der Waals surface area (Å²) in [6, 6.07) is 16.0. The quantitative estimate of drug-likeness (QED) is 0.612. The fourth-order valence-electron chi connectivity index (χ4n) is 2.22. The molecule has 1 atom stereocenters. The summed E-state index contributed by atoms with van der Waals surface area (Å²) in [7, 11) is 0. The van der Waals surface area contributed by atoms with E-state index in [4.69, 9.17) is 9.47 Å². The number of hydrogen-bond acceptors (Lipinski definition) is 7. The van der Waals surface area contributed by atoms with Gasteiger partial charge in [-0.2, -0.15) is 0 Å². The lowest BCUT2D eigenvalue weighted by atomic mass is 10.2. The van der Waals surface area contributed by atoms with Gasteiger partial charge in [0.15, 0.2) is 0 Å². The highest BCUT2D eigenvalue weighted by Crippen LogP contribution is 2.14. The van der Waals surface area contributed by atoms with E-state index in [1.807, 2.05) is 30.3 Å². The number of tetrazole rings is 1. The van der Waals surface area contributed by atoms with Crippen LogP contribution in [-0.2, 0) is 17.9 Å². The molecule has 0 saturated heterocycles. The molecular weight excluding hydrogens is 336 g/mol. The van der Waals surface area contributed by atoms with Gasteiger partial charge < -0.3 is 14.6 Å². The highest BCUT2D eigenvalue weighted by atomic mass is 16.5. The minimum atomic E-state index is -0.756. The van der Waals surface area contributed by atoms with Crippen LogP contribution in [-0.4, -0.2) is 44.0 Å². The summed E-state index contributed by atoms with van der Waals surface area (Å²) in [6.07, 6.45) is 0.660. The van der Waals surface area contributed by atoms with Gasteiger partial charge in [-0.25, -0.2) is 9.48 Å². The number of esters is 1. The lowest BCUT2D eigenvalue weighted by Gasteiger charge is -2.12. The lowest BCUT2D eigenvalue weighted by Crippen LogP contribution is -2.24. The molecule has 0 saturated carbocycles. The molecule has 0 radical (unpaired) electrons. The Balaban J connectivity index is 1.46. The zero-order valence-electron chi connectivity index (χ0n) is 13.9. The fourth-order valence-corrected chi connectivity index (χ4v) is 2.22. The molecule has 134 valence electrons. The van der Waals surface area contributed by atoms with Gasteiger partial charge in [-0.05, 0) is 40.3 Å². The smallest absolute Gasteiger partial charge is 0.338 e. The number of aliphatic hydroxyl groups excluding tert-OH is 1. The van der Waals surface area contributed by atoms with Crippen molar-refractivity contribution < 1.29 is 19.4 Å². The molecule has 0 aliphatic carbocycles. The first-order valence-electron chi connectivity index (χ1n) is 8.03. The zero-order valence-corrected chi connectivity index (χ0v) is 13.9. The first-order chi connectivity index (χ1) is 12.7. The number of aliphatic hydroxyl groups is 1. The van der Waals surface area contributed by atoms with Crippen LogP contribution in [0.4, 0.5) is 0 Å². The molecule has 8 nitrogen and oxygen atoms in total. The molecule has 1 N–H and O–H groups in total. The molecule has 0 aliphatic rings. The van der Waals surface area contributed by atoms with E-state index in [1.165, 1.54) is 11.0 Å². The summed E-state index contributed by atoms with van der Waals surface area (Å²) in [6.45, 7) is 0.538. The van der Waals surface area contributed by atoms with Crippen LogP contribution in [0.15, 0.2) is 60.9 Å². The number of ether oxygens (including phenoxy) is 2. The van der Waals surface area contributed by atoms with E-state index >= 15 is 0 Å². The van der Waals surface area contributed by atoms with E-state index in [0.717, 1.165) is 5.56 Å². The van der Waals surface area contributed by atoms with Gasteiger partial charge in [-0.15, -0.1) is 5.10 Å². The van der Waals surface area contributed by atoms with Crippen LogP contribution in [0.25, 0.3) is 0 Å². The number of benzene rings is 2. The number of hydrogen-bond donors (Lipinski definition) is 1. The molecule has 1 heterocycles. The van der Waals surface area contributed by atoms with Crippen LogP contribution < -0.4 is 4.74 Å². The van der Waals surface area contributed by atoms with Gasteiger partial charge in [-0.3, -0.25) is 0 Å². The number of aromatic nitrogens is 4. The number of nitrogens with zero attached hydrogens (tertiary/aromatic N) is 4. The number of carbonyl (C=O) groups is 1. The van der Waals surface area contributed by atoms with E-state index in [1.54, 1.807) is 24.3 Å². The molecular formula is C18H18N4O4. The maximum Gasteiger partial charge on any atom is 0.338 e. The molecule has 0 aliphatic heterocycles. The van der Waals surface area contributed by atoms with Gasteiger partial charge in [0, 0.05) is 0 Å². The minimum Gasteiger partial charge on any atom is -0.491 e. The van der Waals surface area contributed by atoms with Crippen LogP contribution in [0.1, 0.15) is 15.9 Å². The van der Waals surface area contributed by atoms with Gasteiger partial charge in [-0.1, -0.05) is 30.3 Å². The van der Waals surface area contributed by atoms with Gasteiger partial charge >= 0.3 is 5.97 Å². The molecule has 1 aromatic heterocycles. The summed E-state index contributed by atoms with van der Waals surface area (Å²) in [5.41, 5.74) is 1.36. The largest absolute Gasteiger partial charge is 0.491 e. The van der Waals surface area contributed by atoms with Crippen LogP contribution in [0, 0.1) is 0 Å². The van der Waals surface area contributed by atoms with Gasteiger partial charge in [0.05, 0.1) is 12.1 Å². The van der Waals surface area contributed by atoms with Gasteiger partial charge in [0.1, 0.15) is 31.4 Å². The molecule has 3 aromatic rings. The van der Waals surface area contributed by atoms with Crippen molar-refractivity contribution in [1.82, 2.24) is 20.2 Å². The van der Waals surface area contributed by atoms with Crippen molar-refractivity contribution in [3.05, 3.63) is 72.1 Å². The zero-order chi connectivity index (χ0) is 18.2. The predicted molar refractivity (Wildman–Crippen MR) is 91.3 cm³/mol. The van der Waals surface area contributed by atoms with Crippen molar-refractivity contribution >= 4 is 5.97 Å². The van der Waals surface area contributed by atoms with Crippen molar-refractivity contribution in [2.75, 3.05) is 6.61 Å². The van der Waals surface area contributed by atoms with Crippen molar-refractivity contribution in [2.24, 2.45) is 0 Å². The Morgan fingerprint density at radius 1 is 1.12 bits per heavy atom. The van der Waals surface area contributed by atoms with Crippen molar-refractivity contribution in [1.29, 1.82) is 0 Å². The Bertz CT molecular complexity index is 807. The summed E-state index contributed by atoms with van der Waals surface area (Å²) in [5, 5.41) is 20.5. The highest BCUT2D eigenvalue weighted by Gasteiger charge is 2.10. The van der Waals surface area contributed by atoms with E-state index < -0.39 is 12.1 Å². The monoisotopic (exact) mass is 354 g/mol. The van der Waals surface area contributed by atoms with E-state index in [-0.39, 0.29) is 19.8 Å². The predicted octanol–water partition coefficient (Wildman–Crippen LogP) is 1.47. The Labute approximate surface area is 150 Å².